The van der Waals surface area contributed by atoms with E-state index < -0.39 is 0 Å². The molecule has 1 N–H and O–H groups in total. The van der Waals surface area contributed by atoms with Crippen LogP contribution in [0.25, 0.3) is 11.3 Å². The lowest BCUT2D eigenvalue weighted by atomic mass is 10.0. The summed E-state index contributed by atoms with van der Waals surface area (Å²) in [6.07, 6.45) is 1.79. The fourth-order valence-corrected chi connectivity index (χ4v) is 5.16. The quantitative estimate of drug-likeness (QED) is 0.285. The van der Waals surface area contributed by atoms with Gasteiger partial charge < -0.3 is 14.6 Å². The average Bonchev–Trinajstić information content (AvgIpc) is 3.39. The Labute approximate surface area is 205 Å². The highest BCUT2D eigenvalue weighted by Gasteiger charge is 2.42. The van der Waals surface area contributed by atoms with Gasteiger partial charge in [-0.2, -0.15) is 0 Å². The van der Waals surface area contributed by atoms with Gasteiger partial charge in [0.25, 0.3) is 0 Å². The van der Waals surface area contributed by atoms with Crippen LogP contribution in [0.1, 0.15) is 29.1 Å². The first kappa shape index (κ1) is 21.2. The molecule has 0 unspecified atom stereocenters. The first-order valence-corrected chi connectivity index (χ1v) is 11.7. The Morgan fingerprint density at radius 2 is 1.88 bits per heavy atom. The van der Waals surface area contributed by atoms with Gasteiger partial charge in [0.1, 0.15) is 17.6 Å². The summed E-state index contributed by atoms with van der Waals surface area (Å²) in [6, 6.07) is 23.4. The van der Waals surface area contributed by atoms with Gasteiger partial charge >= 0.3 is 0 Å². The van der Waals surface area contributed by atoms with Crippen LogP contribution in [-0.4, -0.2) is 10.1 Å². The number of anilines is 1. The molecule has 5 rings (SSSR count). The van der Waals surface area contributed by atoms with E-state index in [1.807, 2.05) is 54.6 Å². The smallest absolute Gasteiger partial charge is 0.174 e. The zero-order chi connectivity index (χ0) is 22.2. The van der Waals surface area contributed by atoms with E-state index in [1.54, 1.807) is 6.20 Å². The number of nitrogens with one attached hydrogen (secondary N) is 1. The maximum absolute atomic E-state index is 6.42. The van der Waals surface area contributed by atoms with Crippen LogP contribution in [-0.2, 0) is 0 Å². The minimum absolute atomic E-state index is 0.167. The van der Waals surface area contributed by atoms with Gasteiger partial charge in [0.15, 0.2) is 5.11 Å². The average molecular weight is 525 g/mol. The minimum Gasteiger partial charge on any atom is -0.459 e. The van der Waals surface area contributed by atoms with Crippen LogP contribution in [0.3, 0.4) is 0 Å². The van der Waals surface area contributed by atoms with Crippen molar-refractivity contribution in [1.82, 2.24) is 10.3 Å². The molecule has 4 aromatic rings. The summed E-state index contributed by atoms with van der Waals surface area (Å²) < 4.78 is 7.42. The summed E-state index contributed by atoms with van der Waals surface area (Å²) in [5, 5.41) is 4.73. The van der Waals surface area contributed by atoms with Crippen molar-refractivity contribution in [2.24, 2.45) is 0 Å². The Kier molecular flexibility index (Phi) is 5.76. The first-order chi connectivity index (χ1) is 15.5. The van der Waals surface area contributed by atoms with Crippen molar-refractivity contribution in [3.05, 3.63) is 106 Å². The van der Waals surface area contributed by atoms with Gasteiger partial charge in [-0.3, -0.25) is 4.98 Å². The minimum atomic E-state index is -0.212. The van der Waals surface area contributed by atoms with Crippen molar-refractivity contribution in [3.63, 3.8) is 0 Å². The number of thiocarbonyl (C=S) groups is 1. The Morgan fingerprint density at radius 3 is 2.59 bits per heavy atom. The second kappa shape index (κ2) is 8.70. The third-order valence-corrected chi connectivity index (χ3v) is 6.73. The summed E-state index contributed by atoms with van der Waals surface area (Å²) in [5.74, 6) is 1.59. The van der Waals surface area contributed by atoms with E-state index >= 15 is 0 Å². The predicted octanol–water partition coefficient (Wildman–Crippen LogP) is 7.24. The van der Waals surface area contributed by atoms with E-state index in [4.69, 9.17) is 28.2 Å². The number of hydrogen-bond donors (Lipinski definition) is 1. The highest BCUT2D eigenvalue weighted by Crippen LogP contribution is 2.43. The van der Waals surface area contributed by atoms with Gasteiger partial charge in [-0.1, -0.05) is 39.7 Å². The van der Waals surface area contributed by atoms with Crippen molar-refractivity contribution >= 4 is 50.5 Å². The SMILES string of the molecule is Cc1ccc(-c2ccc([C@@H]3[C@@H](c4ccccn4)NC(=S)N3c3ccc(Cl)cc3)o2)c(Br)c1. The number of furan rings is 1. The fraction of sp³-hybridized carbons (Fsp3) is 0.120. The van der Waals surface area contributed by atoms with Gasteiger partial charge in [0, 0.05) is 26.9 Å². The number of rotatable bonds is 4. The van der Waals surface area contributed by atoms with E-state index in [9.17, 15) is 0 Å². The molecule has 160 valence electrons. The van der Waals surface area contributed by atoms with Gasteiger partial charge in [-0.05, 0) is 85.4 Å². The van der Waals surface area contributed by atoms with E-state index in [1.165, 1.54) is 5.56 Å². The van der Waals surface area contributed by atoms with E-state index in [-0.39, 0.29) is 12.1 Å². The molecular formula is C25H19BrClN3OS. The van der Waals surface area contributed by atoms with Crippen LogP contribution in [0.4, 0.5) is 5.69 Å². The lowest BCUT2D eigenvalue weighted by Crippen LogP contribution is -2.29. The molecule has 2 aromatic heterocycles. The lowest BCUT2D eigenvalue weighted by Gasteiger charge is -2.26. The van der Waals surface area contributed by atoms with Crippen LogP contribution in [0, 0.1) is 6.92 Å². The molecule has 1 saturated heterocycles. The molecule has 0 amide bonds. The molecule has 0 aliphatic carbocycles. The maximum Gasteiger partial charge on any atom is 0.174 e. The second-order valence-corrected chi connectivity index (χ2v) is 9.34. The Morgan fingerprint density at radius 1 is 1.06 bits per heavy atom. The molecule has 1 aliphatic rings. The summed E-state index contributed by atoms with van der Waals surface area (Å²) in [5.41, 5.74) is 4.01. The molecular weight excluding hydrogens is 506 g/mol. The monoisotopic (exact) mass is 523 g/mol. The first-order valence-electron chi connectivity index (χ1n) is 10.1. The molecule has 0 bridgehead atoms. The summed E-state index contributed by atoms with van der Waals surface area (Å²) in [6.45, 7) is 2.06. The van der Waals surface area contributed by atoms with Crippen LogP contribution >= 0.6 is 39.7 Å². The highest BCUT2D eigenvalue weighted by atomic mass is 79.9. The Bertz CT molecular complexity index is 1280. The molecule has 3 heterocycles. The van der Waals surface area contributed by atoms with Gasteiger partial charge in [0.2, 0.25) is 0 Å². The third-order valence-electron chi connectivity index (χ3n) is 5.51. The zero-order valence-corrected chi connectivity index (χ0v) is 20.3. The van der Waals surface area contributed by atoms with Crippen molar-refractivity contribution < 1.29 is 4.42 Å². The standard InChI is InChI=1S/C25H19BrClN3OS/c1-15-5-10-18(19(26)14-15)21-11-12-22(31-21)24-23(20-4-2-3-13-28-20)29-25(32)30(24)17-8-6-16(27)7-9-17/h2-14,23-24H,1H3,(H,29,32)/t23-,24-/m1/s1. The highest BCUT2D eigenvalue weighted by molar-refractivity contribution is 9.10. The number of pyridine rings is 1. The number of halogens is 2. The molecule has 0 radical (unpaired) electrons. The fourth-order valence-electron chi connectivity index (χ4n) is 4.00. The molecule has 7 heteroatoms. The summed E-state index contributed by atoms with van der Waals surface area (Å²) in [7, 11) is 0. The number of hydrogen-bond acceptors (Lipinski definition) is 3. The summed E-state index contributed by atoms with van der Waals surface area (Å²) >= 11 is 15.5. The molecule has 1 fully saturated rings. The largest absolute Gasteiger partial charge is 0.459 e. The lowest BCUT2D eigenvalue weighted by molar-refractivity contribution is 0.439. The van der Waals surface area contributed by atoms with Crippen molar-refractivity contribution in [1.29, 1.82) is 0 Å². The van der Waals surface area contributed by atoms with Crippen LogP contribution in [0.15, 0.2) is 87.9 Å². The number of benzene rings is 2. The topological polar surface area (TPSA) is 41.3 Å². The van der Waals surface area contributed by atoms with Crippen molar-refractivity contribution in [2.75, 3.05) is 4.90 Å². The van der Waals surface area contributed by atoms with E-state index in [0.29, 0.717) is 10.1 Å². The van der Waals surface area contributed by atoms with Gasteiger partial charge in [0.05, 0.1) is 11.7 Å². The van der Waals surface area contributed by atoms with Gasteiger partial charge in [-0.15, -0.1) is 0 Å². The molecule has 0 spiro atoms. The maximum atomic E-state index is 6.42. The molecule has 4 nitrogen and oxygen atoms in total. The molecule has 32 heavy (non-hydrogen) atoms. The van der Waals surface area contributed by atoms with Crippen LogP contribution < -0.4 is 10.2 Å². The van der Waals surface area contributed by atoms with E-state index in [0.717, 1.165) is 32.9 Å². The summed E-state index contributed by atoms with van der Waals surface area (Å²) in [4.78, 5) is 6.65. The zero-order valence-electron chi connectivity index (χ0n) is 17.1. The number of nitrogens with zero attached hydrogens (tertiary/aromatic N) is 2. The van der Waals surface area contributed by atoms with Crippen molar-refractivity contribution in [2.45, 2.75) is 19.0 Å². The molecule has 2 atom stereocenters. The normalized spacial score (nSPS) is 18.1. The molecule has 2 aromatic carbocycles. The predicted molar refractivity (Wildman–Crippen MR) is 136 cm³/mol. The number of aryl methyl sites for hydroxylation is 1. The molecule has 1 aliphatic heterocycles. The number of aromatic nitrogens is 1. The van der Waals surface area contributed by atoms with Crippen LogP contribution in [0.2, 0.25) is 5.02 Å². The van der Waals surface area contributed by atoms with Crippen LogP contribution in [0.5, 0.6) is 0 Å². The third kappa shape index (κ3) is 3.94. The Balaban J connectivity index is 1.60. The van der Waals surface area contributed by atoms with E-state index in [2.05, 4.69) is 56.3 Å². The second-order valence-electron chi connectivity index (χ2n) is 7.66. The van der Waals surface area contributed by atoms with Gasteiger partial charge in [-0.25, -0.2) is 0 Å². The molecule has 0 saturated carbocycles. The van der Waals surface area contributed by atoms with Crippen molar-refractivity contribution in [3.8, 4) is 11.3 Å². The Hall–Kier alpha value is -2.67.